The third-order valence-electron chi connectivity index (χ3n) is 12.0. The van der Waals surface area contributed by atoms with Gasteiger partial charge in [-0.25, -0.2) is 9.97 Å². The van der Waals surface area contributed by atoms with E-state index in [4.69, 9.17) is 9.97 Å². The van der Waals surface area contributed by atoms with E-state index in [9.17, 15) is 0 Å². The first kappa shape index (κ1) is 33.7. The molecule has 0 bridgehead atoms. The van der Waals surface area contributed by atoms with Crippen LogP contribution in [0.2, 0.25) is 0 Å². The third-order valence-corrected chi connectivity index (χ3v) is 15.2. The summed E-state index contributed by atoms with van der Waals surface area (Å²) < 4.78 is 17.7. The molecule has 11 aromatic rings. The molecule has 0 spiro atoms. The van der Waals surface area contributed by atoms with Gasteiger partial charge in [0.1, 0.15) is 0 Å². The summed E-state index contributed by atoms with van der Waals surface area (Å²) in [5.41, 5.74) is 11.4. The summed E-state index contributed by atoms with van der Waals surface area (Å²) in [7, 11) is -3.08. The largest absolute Gasteiger partial charge is 0.309 e. The van der Waals surface area contributed by atoms with Gasteiger partial charge in [0.05, 0.1) is 22.2 Å². The van der Waals surface area contributed by atoms with Gasteiger partial charge in [-0.2, -0.15) is 0 Å². The highest BCUT2D eigenvalue weighted by molar-refractivity contribution is 7.86. The lowest BCUT2D eigenvalue weighted by molar-refractivity contribution is 0.593. The van der Waals surface area contributed by atoms with E-state index in [-0.39, 0.29) is 0 Å². The van der Waals surface area contributed by atoms with E-state index >= 15 is 4.57 Å². The zero-order valence-corrected chi connectivity index (χ0v) is 32.7. The summed E-state index contributed by atoms with van der Waals surface area (Å²) in [5, 5.41) is 8.37. The number of para-hydroxylation sites is 2. The van der Waals surface area contributed by atoms with Crippen LogP contribution in [0.15, 0.2) is 206 Å². The number of hydrogen-bond acceptors (Lipinski definition) is 3. The van der Waals surface area contributed by atoms with E-state index in [1.807, 2.05) is 60.7 Å². The van der Waals surface area contributed by atoms with Crippen LogP contribution >= 0.6 is 7.14 Å². The second-order valence-electron chi connectivity index (χ2n) is 15.3. The van der Waals surface area contributed by atoms with Crippen molar-refractivity contribution < 1.29 is 4.57 Å². The Morgan fingerprint density at radius 1 is 0.407 bits per heavy atom. The standard InChI is InChI=1S/C54H34N3OP/c58-59(42-14-2-1-3-15-42)51-21-11-8-17-44(51)47-33-50-46(34-52(47)59)43-16-7-10-20-49(43)57(50)41-30-28-38(29-31-41)54-55-48-19-9-6-18-45(48)53(56-54)37-25-22-36(23-26-37)40-27-24-35-12-4-5-13-39(35)32-40/h1-34H. The topological polar surface area (TPSA) is 47.8 Å². The normalized spacial score (nSPS) is 14.6. The van der Waals surface area contributed by atoms with Gasteiger partial charge >= 0.3 is 0 Å². The summed E-state index contributed by atoms with van der Waals surface area (Å²) in [6, 6.07) is 71.7. The molecule has 0 amide bonds. The molecule has 0 saturated heterocycles. The number of benzene rings is 9. The average Bonchev–Trinajstić information content (AvgIpc) is 3.77. The van der Waals surface area contributed by atoms with Crippen LogP contribution in [0.4, 0.5) is 0 Å². The Kier molecular flexibility index (Phi) is 7.47. The molecule has 5 heteroatoms. The van der Waals surface area contributed by atoms with Gasteiger partial charge in [-0.1, -0.05) is 152 Å². The van der Waals surface area contributed by atoms with Crippen LogP contribution in [0, 0.1) is 0 Å². The van der Waals surface area contributed by atoms with Crippen LogP contribution in [-0.2, 0) is 4.57 Å². The molecule has 1 aliphatic heterocycles. The number of rotatable bonds is 5. The van der Waals surface area contributed by atoms with Crippen LogP contribution in [-0.4, -0.2) is 14.5 Å². The van der Waals surface area contributed by atoms with E-state index in [0.717, 1.165) is 87.8 Å². The highest BCUT2D eigenvalue weighted by Crippen LogP contribution is 2.53. The minimum atomic E-state index is -3.08. The van der Waals surface area contributed by atoms with Gasteiger partial charge in [-0.15, -0.1) is 0 Å². The van der Waals surface area contributed by atoms with E-state index < -0.39 is 7.14 Å². The maximum absolute atomic E-state index is 15.4. The van der Waals surface area contributed by atoms with Crippen molar-refractivity contribution in [3.8, 4) is 50.6 Å². The quantitative estimate of drug-likeness (QED) is 0.164. The molecule has 1 aliphatic rings. The molecular weight excluding hydrogens is 738 g/mol. The second kappa shape index (κ2) is 13.1. The molecule has 59 heavy (non-hydrogen) atoms. The highest BCUT2D eigenvalue weighted by Gasteiger charge is 2.40. The summed E-state index contributed by atoms with van der Waals surface area (Å²) >= 11 is 0. The van der Waals surface area contributed by atoms with E-state index in [0.29, 0.717) is 5.82 Å². The SMILES string of the molecule is O=P1(c2ccccc2)c2ccccc2-c2cc3c(cc21)c1ccccc1n3-c1ccc(-c2nc(-c3ccc(-c4ccc5ccccc5c4)cc3)c3ccccc3n2)cc1. The fourth-order valence-electron chi connectivity index (χ4n) is 9.15. The first-order valence-corrected chi connectivity index (χ1v) is 21.6. The van der Waals surface area contributed by atoms with E-state index in [1.54, 1.807) is 0 Å². The van der Waals surface area contributed by atoms with Gasteiger partial charge in [0.15, 0.2) is 13.0 Å². The van der Waals surface area contributed by atoms with Crippen molar-refractivity contribution in [2.75, 3.05) is 0 Å². The number of nitrogens with zero attached hydrogens (tertiary/aromatic N) is 3. The fourth-order valence-corrected chi connectivity index (χ4v) is 12.2. The Morgan fingerprint density at radius 2 is 1.07 bits per heavy atom. The summed E-state index contributed by atoms with van der Waals surface area (Å²) in [4.78, 5) is 10.3. The highest BCUT2D eigenvalue weighted by atomic mass is 31.2. The molecule has 0 fully saturated rings. The molecule has 1 unspecified atom stereocenters. The molecule has 0 aliphatic carbocycles. The Bertz CT molecular complexity index is 3520. The van der Waals surface area contributed by atoms with Crippen molar-refractivity contribution in [1.82, 2.24) is 14.5 Å². The smallest absolute Gasteiger partial charge is 0.172 e. The molecule has 0 radical (unpaired) electrons. The van der Waals surface area contributed by atoms with Crippen LogP contribution in [0.25, 0.3) is 94.1 Å². The van der Waals surface area contributed by atoms with Crippen molar-refractivity contribution in [1.29, 1.82) is 0 Å². The molecule has 3 heterocycles. The van der Waals surface area contributed by atoms with E-state index in [1.165, 1.54) is 16.3 Å². The van der Waals surface area contributed by atoms with Crippen molar-refractivity contribution in [3.05, 3.63) is 206 Å². The molecule has 4 nitrogen and oxygen atoms in total. The molecule has 1 atom stereocenters. The summed E-state index contributed by atoms with van der Waals surface area (Å²) in [6.07, 6.45) is 0. The van der Waals surface area contributed by atoms with Crippen LogP contribution in [0.5, 0.6) is 0 Å². The number of aromatic nitrogens is 3. The number of hydrogen-bond donors (Lipinski definition) is 0. The van der Waals surface area contributed by atoms with Gasteiger partial charge in [0, 0.05) is 48.9 Å². The van der Waals surface area contributed by atoms with Crippen LogP contribution < -0.4 is 15.9 Å². The first-order chi connectivity index (χ1) is 29.1. The Labute approximate surface area is 341 Å². The minimum Gasteiger partial charge on any atom is -0.309 e. The van der Waals surface area contributed by atoms with Gasteiger partial charge in [-0.3, -0.25) is 0 Å². The Balaban J connectivity index is 0.960. The lowest BCUT2D eigenvalue weighted by atomic mass is 9.98. The van der Waals surface area contributed by atoms with Gasteiger partial charge < -0.3 is 9.13 Å². The zero-order chi connectivity index (χ0) is 39.1. The predicted molar refractivity (Wildman–Crippen MR) is 246 cm³/mol. The maximum atomic E-state index is 15.4. The molecule has 0 saturated carbocycles. The van der Waals surface area contributed by atoms with Crippen molar-refractivity contribution in [2.24, 2.45) is 0 Å². The van der Waals surface area contributed by atoms with Gasteiger partial charge in [0.25, 0.3) is 0 Å². The van der Waals surface area contributed by atoms with Gasteiger partial charge in [0.2, 0.25) is 0 Å². The maximum Gasteiger partial charge on any atom is 0.172 e. The first-order valence-electron chi connectivity index (χ1n) is 19.9. The second-order valence-corrected chi connectivity index (χ2v) is 18.0. The minimum absolute atomic E-state index is 0.678. The molecule has 0 N–H and O–H groups in total. The molecule has 2 aromatic heterocycles. The van der Waals surface area contributed by atoms with E-state index in [2.05, 4.69) is 150 Å². The number of fused-ring (bicyclic) bond motifs is 8. The van der Waals surface area contributed by atoms with Crippen molar-refractivity contribution in [2.45, 2.75) is 0 Å². The van der Waals surface area contributed by atoms with Crippen molar-refractivity contribution in [3.63, 3.8) is 0 Å². The summed E-state index contributed by atoms with van der Waals surface area (Å²) in [5.74, 6) is 0.678. The lowest BCUT2D eigenvalue weighted by Gasteiger charge is -2.16. The lowest BCUT2D eigenvalue weighted by Crippen LogP contribution is -2.20. The fraction of sp³-hybridized carbons (Fsp3) is 0. The molecular formula is C54H34N3OP. The predicted octanol–water partition coefficient (Wildman–Crippen LogP) is 12.5. The third kappa shape index (κ3) is 5.20. The zero-order valence-electron chi connectivity index (χ0n) is 31.8. The average molecular weight is 772 g/mol. The van der Waals surface area contributed by atoms with Crippen molar-refractivity contribution >= 4 is 66.5 Å². The monoisotopic (exact) mass is 771 g/mol. The Hall–Kier alpha value is -7.39. The summed E-state index contributed by atoms with van der Waals surface area (Å²) in [6.45, 7) is 0. The van der Waals surface area contributed by atoms with Crippen LogP contribution in [0.1, 0.15) is 0 Å². The molecule has 9 aromatic carbocycles. The molecule has 12 rings (SSSR count). The van der Waals surface area contributed by atoms with Gasteiger partial charge in [-0.05, 0) is 87.6 Å². The molecule has 276 valence electrons. The Morgan fingerprint density at radius 3 is 1.92 bits per heavy atom. The van der Waals surface area contributed by atoms with Crippen LogP contribution in [0.3, 0.4) is 0 Å².